The number of carbonyl (C=O) groups excluding carboxylic acids is 2. The Morgan fingerprint density at radius 2 is 1.81 bits per heavy atom. The van der Waals surface area contributed by atoms with Crippen LogP contribution < -0.4 is 10.1 Å². The molecule has 0 saturated heterocycles. The highest BCUT2D eigenvalue weighted by Gasteiger charge is 2.16. The van der Waals surface area contributed by atoms with Crippen molar-refractivity contribution in [3.05, 3.63) is 57.6 Å². The molecule has 0 aliphatic heterocycles. The average molecular weight is 420 g/mol. The maximum absolute atomic E-state index is 12.4. The zero-order chi connectivity index (χ0) is 19.3. The number of methoxy groups -OCH3 is 1. The van der Waals surface area contributed by atoms with Crippen LogP contribution in [0.3, 0.4) is 0 Å². The predicted octanol–water partition coefficient (Wildman–Crippen LogP) is 4.07. The number of Topliss-reactive ketones (excluding diaryl/α,β-unsaturated/α-hetero) is 1. The molecule has 0 unspecified atom stereocenters. The van der Waals surface area contributed by atoms with E-state index in [4.69, 9.17) is 4.74 Å². The fourth-order valence-electron chi connectivity index (χ4n) is 2.42. The summed E-state index contributed by atoms with van der Waals surface area (Å²) in [6.45, 7) is 1.86. The molecule has 0 heterocycles. The second kappa shape index (κ2) is 8.62. The van der Waals surface area contributed by atoms with Crippen LogP contribution in [-0.2, 0) is 4.79 Å². The minimum atomic E-state index is -1.15. The van der Waals surface area contributed by atoms with Gasteiger partial charge in [0.15, 0.2) is 5.78 Å². The average Bonchev–Trinajstić information content (AvgIpc) is 2.61. The van der Waals surface area contributed by atoms with Crippen LogP contribution in [0.5, 0.6) is 5.75 Å². The number of carboxylic acid groups (broad SMARTS) is 1. The van der Waals surface area contributed by atoms with Crippen LogP contribution in [0.4, 0.5) is 5.69 Å². The van der Waals surface area contributed by atoms with Crippen LogP contribution in [0.1, 0.15) is 39.1 Å². The van der Waals surface area contributed by atoms with Crippen LogP contribution in [0.2, 0.25) is 0 Å². The molecule has 7 heteroatoms. The molecule has 136 valence electrons. The van der Waals surface area contributed by atoms with Gasteiger partial charge < -0.3 is 15.2 Å². The molecule has 0 spiro atoms. The summed E-state index contributed by atoms with van der Waals surface area (Å²) in [5, 5.41) is 11.8. The molecular formula is C19H18BrNO5. The van der Waals surface area contributed by atoms with Gasteiger partial charge in [-0.3, -0.25) is 9.59 Å². The van der Waals surface area contributed by atoms with E-state index in [-0.39, 0.29) is 29.9 Å². The van der Waals surface area contributed by atoms with Gasteiger partial charge in [-0.05, 0) is 37.3 Å². The molecule has 0 bridgehead atoms. The lowest BCUT2D eigenvalue weighted by Gasteiger charge is -2.10. The molecular weight excluding hydrogens is 402 g/mol. The van der Waals surface area contributed by atoms with E-state index in [0.717, 1.165) is 5.56 Å². The lowest BCUT2D eigenvalue weighted by molar-refractivity contribution is -0.116. The highest BCUT2D eigenvalue weighted by molar-refractivity contribution is 9.10. The predicted molar refractivity (Wildman–Crippen MR) is 101 cm³/mol. The van der Waals surface area contributed by atoms with E-state index in [1.54, 1.807) is 18.2 Å². The second-order valence-electron chi connectivity index (χ2n) is 5.67. The van der Waals surface area contributed by atoms with Crippen molar-refractivity contribution < 1.29 is 24.2 Å². The molecule has 0 atom stereocenters. The number of hydrogen-bond donors (Lipinski definition) is 2. The topological polar surface area (TPSA) is 92.7 Å². The van der Waals surface area contributed by atoms with Gasteiger partial charge in [-0.25, -0.2) is 4.79 Å². The zero-order valence-electron chi connectivity index (χ0n) is 14.3. The first kappa shape index (κ1) is 19.7. The summed E-state index contributed by atoms with van der Waals surface area (Å²) in [7, 11) is 1.48. The first-order chi connectivity index (χ1) is 12.3. The number of amides is 1. The van der Waals surface area contributed by atoms with Crippen molar-refractivity contribution in [2.24, 2.45) is 0 Å². The third-order valence-corrected chi connectivity index (χ3v) is 4.21. The van der Waals surface area contributed by atoms with Crippen molar-refractivity contribution in [2.45, 2.75) is 19.8 Å². The number of carboxylic acids is 1. The fourth-order valence-corrected chi connectivity index (χ4v) is 2.78. The smallest absolute Gasteiger partial charge is 0.337 e. The molecule has 0 aromatic heterocycles. The Bertz CT molecular complexity index is 863. The molecule has 0 aliphatic rings. The first-order valence-electron chi connectivity index (χ1n) is 7.82. The van der Waals surface area contributed by atoms with Gasteiger partial charge in [0.1, 0.15) is 5.75 Å². The summed E-state index contributed by atoms with van der Waals surface area (Å²) in [5.74, 6) is -1.34. The van der Waals surface area contributed by atoms with Crippen LogP contribution in [-0.4, -0.2) is 29.9 Å². The molecule has 2 rings (SSSR count). The van der Waals surface area contributed by atoms with Crippen LogP contribution >= 0.6 is 15.9 Å². The second-order valence-corrected chi connectivity index (χ2v) is 6.59. The summed E-state index contributed by atoms with van der Waals surface area (Å²) < 4.78 is 5.78. The summed E-state index contributed by atoms with van der Waals surface area (Å²) >= 11 is 3.19. The number of aromatic carboxylic acids is 1. The summed E-state index contributed by atoms with van der Waals surface area (Å²) in [4.78, 5) is 35.8. The molecule has 0 aliphatic carbocycles. The van der Waals surface area contributed by atoms with Gasteiger partial charge in [0, 0.05) is 17.3 Å². The number of halogens is 1. The molecule has 2 aromatic rings. The van der Waals surface area contributed by atoms with Gasteiger partial charge in [-0.2, -0.15) is 0 Å². The third kappa shape index (κ3) is 4.92. The Balaban J connectivity index is 2.05. The highest BCUT2D eigenvalue weighted by Crippen LogP contribution is 2.23. The quantitative estimate of drug-likeness (QED) is 0.659. The van der Waals surface area contributed by atoms with E-state index in [9.17, 15) is 19.5 Å². The lowest BCUT2D eigenvalue weighted by Crippen LogP contribution is -2.16. The number of ether oxygens (including phenoxy) is 1. The van der Waals surface area contributed by atoms with E-state index >= 15 is 0 Å². The molecule has 2 N–H and O–H groups in total. The number of nitrogens with one attached hydrogen (secondary N) is 1. The Morgan fingerprint density at radius 3 is 2.46 bits per heavy atom. The van der Waals surface area contributed by atoms with Crippen LogP contribution in [0.25, 0.3) is 0 Å². The summed E-state index contributed by atoms with van der Waals surface area (Å²) in [5.41, 5.74) is 1.50. The molecule has 6 nitrogen and oxygen atoms in total. The van der Waals surface area contributed by atoms with Crippen molar-refractivity contribution in [3.8, 4) is 5.75 Å². The SMILES string of the molecule is COc1ccc(C)cc1C(=O)CCC(=O)Nc1ccc(Br)cc1C(=O)O. The van der Waals surface area contributed by atoms with Gasteiger partial charge >= 0.3 is 5.97 Å². The number of benzene rings is 2. The monoisotopic (exact) mass is 419 g/mol. The minimum Gasteiger partial charge on any atom is -0.496 e. The molecule has 0 fully saturated rings. The van der Waals surface area contributed by atoms with Gasteiger partial charge in [-0.1, -0.05) is 27.6 Å². The standard InChI is InChI=1S/C19H18BrNO5/c1-11-3-7-17(26-2)14(9-11)16(22)6-8-18(23)21-15-5-4-12(20)10-13(15)19(24)25/h3-5,7,9-10H,6,8H2,1-2H3,(H,21,23)(H,24,25). The van der Waals surface area contributed by atoms with E-state index < -0.39 is 11.9 Å². The van der Waals surface area contributed by atoms with Crippen molar-refractivity contribution in [2.75, 3.05) is 12.4 Å². The Hall–Kier alpha value is -2.67. The molecule has 2 aromatic carbocycles. The number of hydrogen-bond acceptors (Lipinski definition) is 4. The Kier molecular flexibility index (Phi) is 6.52. The van der Waals surface area contributed by atoms with E-state index in [2.05, 4.69) is 21.2 Å². The van der Waals surface area contributed by atoms with E-state index in [1.165, 1.54) is 19.2 Å². The number of aryl methyl sites for hydroxylation is 1. The van der Waals surface area contributed by atoms with E-state index in [1.807, 2.05) is 13.0 Å². The van der Waals surface area contributed by atoms with Crippen LogP contribution in [0.15, 0.2) is 40.9 Å². The molecule has 0 radical (unpaired) electrons. The fraction of sp³-hybridized carbons (Fsp3) is 0.211. The maximum Gasteiger partial charge on any atom is 0.337 e. The number of rotatable bonds is 7. The Labute approximate surface area is 159 Å². The number of ketones is 1. The lowest BCUT2D eigenvalue weighted by atomic mass is 10.0. The van der Waals surface area contributed by atoms with Gasteiger partial charge in [-0.15, -0.1) is 0 Å². The van der Waals surface area contributed by atoms with Crippen molar-refractivity contribution in [1.82, 2.24) is 0 Å². The number of anilines is 1. The molecule has 0 saturated carbocycles. The zero-order valence-corrected chi connectivity index (χ0v) is 15.9. The van der Waals surface area contributed by atoms with Crippen molar-refractivity contribution >= 4 is 39.3 Å². The van der Waals surface area contributed by atoms with Gasteiger partial charge in [0.05, 0.1) is 23.9 Å². The summed E-state index contributed by atoms with van der Waals surface area (Å²) in [6.07, 6.45) is -0.0738. The minimum absolute atomic E-state index is 0.00935. The molecule has 26 heavy (non-hydrogen) atoms. The highest BCUT2D eigenvalue weighted by atomic mass is 79.9. The Morgan fingerprint density at radius 1 is 1.08 bits per heavy atom. The van der Waals surface area contributed by atoms with Crippen LogP contribution in [0, 0.1) is 6.92 Å². The van der Waals surface area contributed by atoms with Gasteiger partial charge in [0.2, 0.25) is 5.91 Å². The normalized spacial score (nSPS) is 10.3. The molecule has 1 amide bonds. The van der Waals surface area contributed by atoms with Crippen molar-refractivity contribution in [3.63, 3.8) is 0 Å². The van der Waals surface area contributed by atoms with E-state index in [0.29, 0.717) is 15.8 Å². The van der Waals surface area contributed by atoms with Gasteiger partial charge in [0.25, 0.3) is 0 Å². The third-order valence-electron chi connectivity index (χ3n) is 3.72. The maximum atomic E-state index is 12.4. The summed E-state index contributed by atoms with van der Waals surface area (Å²) in [6, 6.07) is 9.80. The first-order valence-corrected chi connectivity index (χ1v) is 8.61. The number of carbonyl (C=O) groups is 3. The van der Waals surface area contributed by atoms with Crippen molar-refractivity contribution in [1.29, 1.82) is 0 Å². The largest absolute Gasteiger partial charge is 0.496 e.